The van der Waals surface area contributed by atoms with Crippen molar-refractivity contribution in [3.63, 3.8) is 0 Å². The van der Waals surface area contributed by atoms with Crippen LogP contribution in [0, 0.1) is 22.7 Å². The highest BCUT2D eigenvalue weighted by atomic mass is 16.7. The molecule has 0 amide bonds. The topological polar surface area (TPSA) is 203 Å². The first-order valence-corrected chi connectivity index (χ1v) is 13.1. The summed E-state index contributed by atoms with van der Waals surface area (Å²) in [6.45, 7) is 5.39. The van der Waals surface area contributed by atoms with E-state index in [0.717, 1.165) is 0 Å². The molecule has 3 bridgehead atoms. The minimum Gasteiger partial charge on any atom is -0.394 e. The molecular weight excluding hydrogens is 504 g/mol. The van der Waals surface area contributed by atoms with Crippen LogP contribution in [0.3, 0.4) is 0 Å². The number of carbonyl (C=O) groups excluding carboxylic acids is 2. The number of aliphatic hydroxyl groups excluding tert-OH is 5. The Morgan fingerprint density at radius 2 is 1.76 bits per heavy atom. The predicted octanol–water partition coefficient (Wildman–Crippen LogP) is -2.09. The minimum absolute atomic E-state index is 0.0321. The monoisotopic (exact) mass is 542 g/mol. The average molecular weight is 543 g/mol. The highest BCUT2D eigenvalue weighted by molar-refractivity contribution is 6.08. The molecule has 3 aliphatic heterocycles. The third-order valence-corrected chi connectivity index (χ3v) is 10.2. The summed E-state index contributed by atoms with van der Waals surface area (Å²) < 4.78 is 17.1. The van der Waals surface area contributed by atoms with Gasteiger partial charge < -0.3 is 50.0 Å². The van der Waals surface area contributed by atoms with Crippen LogP contribution in [0.5, 0.6) is 0 Å². The van der Waals surface area contributed by atoms with E-state index in [4.69, 9.17) is 14.2 Å². The van der Waals surface area contributed by atoms with Gasteiger partial charge in [0, 0.05) is 12.3 Å². The third kappa shape index (κ3) is 3.10. The van der Waals surface area contributed by atoms with Gasteiger partial charge in [0.1, 0.15) is 35.4 Å². The second-order valence-electron chi connectivity index (χ2n) is 12.3. The first kappa shape index (κ1) is 28.2. The van der Waals surface area contributed by atoms with Crippen LogP contribution in [-0.4, -0.2) is 114 Å². The average Bonchev–Trinajstić information content (AvgIpc) is 2.99. The molecule has 3 heterocycles. The summed E-state index contributed by atoms with van der Waals surface area (Å²) in [6, 6.07) is 0. The highest BCUT2D eigenvalue weighted by Crippen LogP contribution is 2.71. The summed E-state index contributed by atoms with van der Waals surface area (Å²) in [4.78, 5) is 28.2. The number of carbonyl (C=O) groups is 2. The van der Waals surface area contributed by atoms with E-state index < -0.39 is 94.6 Å². The molecule has 0 aromatic rings. The highest BCUT2D eigenvalue weighted by Gasteiger charge is 2.87. The maximum Gasteiger partial charge on any atom is 0.186 e. The maximum atomic E-state index is 14.4. The van der Waals surface area contributed by atoms with Crippen molar-refractivity contribution >= 4 is 11.6 Å². The zero-order chi connectivity index (χ0) is 28.2. The summed E-state index contributed by atoms with van der Waals surface area (Å²) in [7, 11) is 0. The fraction of sp³-hybridized carbons (Fsp3) is 0.846. The second-order valence-corrected chi connectivity index (χ2v) is 12.3. The van der Waals surface area contributed by atoms with Crippen molar-refractivity contribution in [2.24, 2.45) is 22.7 Å². The van der Waals surface area contributed by atoms with Crippen molar-refractivity contribution in [1.29, 1.82) is 0 Å². The molecular formula is C26H38O12. The number of ether oxygens (including phenoxy) is 3. The van der Waals surface area contributed by atoms with E-state index in [9.17, 15) is 45.3 Å². The minimum atomic E-state index is -2.21. The van der Waals surface area contributed by atoms with Crippen LogP contribution >= 0.6 is 0 Å². The van der Waals surface area contributed by atoms with Gasteiger partial charge in [-0.25, -0.2) is 0 Å². The standard InChI is InChI=1S/C26H38O12/c1-11-5-6-24(34)22(3)10-25(35)23(4,21(33)26(24,38-25)19(11)32)13(7-15(22)28)12(2)9-36-20-18(31)17(30)16(29)14(8-27)37-20/h7,11-12,14,16-20,27,29-32,34-35H,5-6,8-10H2,1-4H3. The fourth-order valence-corrected chi connectivity index (χ4v) is 7.64. The number of hydrogen-bond donors (Lipinski definition) is 7. The van der Waals surface area contributed by atoms with E-state index in [1.807, 2.05) is 0 Å². The number of rotatable bonds is 5. The van der Waals surface area contributed by atoms with E-state index in [2.05, 4.69) is 0 Å². The lowest BCUT2D eigenvalue weighted by atomic mass is 9.51. The Labute approximate surface area is 219 Å². The first-order chi connectivity index (χ1) is 17.6. The maximum absolute atomic E-state index is 14.4. The molecule has 12 nitrogen and oxygen atoms in total. The van der Waals surface area contributed by atoms with Crippen LogP contribution < -0.4 is 0 Å². The quantitative estimate of drug-likeness (QED) is 0.200. The summed E-state index contributed by atoms with van der Waals surface area (Å²) >= 11 is 0. The molecule has 7 N–H and O–H groups in total. The Kier molecular flexibility index (Phi) is 6.38. The lowest BCUT2D eigenvalue weighted by Crippen LogP contribution is -2.78. The summed E-state index contributed by atoms with van der Waals surface area (Å²) in [6.07, 6.45) is -7.66. The van der Waals surface area contributed by atoms with Crippen molar-refractivity contribution < 1.29 is 59.5 Å². The lowest BCUT2D eigenvalue weighted by Gasteiger charge is -2.61. The van der Waals surface area contributed by atoms with Gasteiger partial charge in [-0.15, -0.1) is 0 Å². The predicted molar refractivity (Wildman–Crippen MR) is 126 cm³/mol. The van der Waals surface area contributed by atoms with Gasteiger partial charge in [-0.05, 0) is 44.3 Å². The summed E-state index contributed by atoms with van der Waals surface area (Å²) in [5, 5.41) is 75.1. The Morgan fingerprint density at radius 1 is 1.11 bits per heavy atom. The lowest BCUT2D eigenvalue weighted by molar-refractivity contribution is -0.375. The Morgan fingerprint density at radius 3 is 2.39 bits per heavy atom. The first-order valence-electron chi connectivity index (χ1n) is 13.1. The van der Waals surface area contributed by atoms with Gasteiger partial charge in [-0.2, -0.15) is 0 Å². The SMILES string of the molecule is CC(COC1OC(CO)C(O)C(O)C1O)C1=CC(=O)C2(C)CC3(O)OC4(C(=O)C13C)C(O)C(C)CCC24O. The molecule has 13 atom stereocenters. The van der Waals surface area contributed by atoms with Crippen molar-refractivity contribution in [3.8, 4) is 0 Å². The zero-order valence-electron chi connectivity index (χ0n) is 21.9. The molecule has 13 unspecified atom stereocenters. The van der Waals surface area contributed by atoms with E-state index >= 15 is 0 Å². The van der Waals surface area contributed by atoms with Crippen LogP contribution in [0.4, 0.5) is 0 Å². The molecule has 4 fully saturated rings. The molecule has 5 aliphatic rings. The molecule has 214 valence electrons. The van der Waals surface area contributed by atoms with Crippen LogP contribution in [0.1, 0.15) is 47.0 Å². The van der Waals surface area contributed by atoms with Crippen molar-refractivity contribution in [2.45, 2.75) is 101 Å². The van der Waals surface area contributed by atoms with Crippen LogP contribution in [0.2, 0.25) is 0 Å². The van der Waals surface area contributed by atoms with Gasteiger partial charge in [0.2, 0.25) is 0 Å². The van der Waals surface area contributed by atoms with Gasteiger partial charge >= 0.3 is 0 Å². The van der Waals surface area contributed by atoms with E-state index in [-0.39, 0.29) is 25.0 Å². The summed E-state index contributed by atoms with van der Waals surface area (Å²) in [5.74, 6) is -4.63. The van der Waals surface area contributed by atoms with Crippen molar-refractivity contribution in [1.82, 2.24) is 0 Å². The summed E-state index contributed by atoms with van der Waals surface area (Å²) in [5.41, 5.74) is -7.54. The van der Waals surface area contributed by atoms with Gasteiger partial charge in [-0.3, -0.25) is 9.59 Å². The smallest absolute Gasteiger partial charge is 0.186 e. The van der Waals surface area contributed by atoms with Crippen LogP contribution in [0.25, 0.3) is 0 Å². The zero-order valence-corrected chi connectivity index (χ0v) is 21.9. The molecule has 3 saturated heterocycles. The number of allylic oxidation sites excluding steroid dienone is 1. The van der Waals surface area contributed by atoms with Crippen LogP contribution in [0.15, 0.2) is 11.6 Å². The van der Waals surface area contributed by atoms with Crippen LogP contribution in [-0.2, 0) is 23.8 Å². The second kappa shape index (κ2) is 8.59. The third-order valence-electron chi connectivity index (χ3n) is 10.2. The number of hydrogen-bond acceptors (Lipinski definition) is 12. The van der Waals surface area contributed by atoms with Crippen molar-refractivity contribution in [3.05, 3.63) is 11.6 Å². The molecule has 38 heavy (non-hydrogen) atoms. The van der Waals surface area contributed by atoms with E-state index in [1.165, 1.54) is 19.9 Å². The molecule has 0 radical (unpaired) electrons. The van der Waals surface area contributed by atoms with Gasteiger partial charge in [0.05, 0.1) is 24.7 Å². The van der Waals surface area contributed by atoms with Gasteiger partial charge in [0.15, 0.2) is 29.2 Å². The molecule has 1 spiro atoms. The largest absolute Gasteiger partial charge is 0.394 e. The number of ketones is 2. The van der Waals surface area contributed by atoms with E-state index in [1.54, 1.807) is 13.8 Å². The Bertz CT molecular complexity index is 1060. The Hall–Kier alpha value is -1.32. The Balaban J connectivity index is 1.52. The van der Waals surface area contributed by atoms with E-state index in [0.29, 0.717) is 6.42 Å². The van der Waals surface area contributed by atoms with Gasteiger partial charge in [-0.1, -0.05) is 13.8 Å². The normalized spacial score (nSPS) is 54.9. The molecule has 1 saturated carbocycles. The molecule has 2 aliphatic carbocycles. The number of fused-ring (bicyclic) bond motifs is 2. The molecule has 0 aromatic heterocycles. The van der Waals surface area contributed by atoms with Crippen molar-refractivity contribution in [2.75, 3.05) is 13.2 Å². The number of aliphatic hydroxyl groups is 7. The number of Topliss-reactive ketones (excluding diaryl/α,β-unsaturated/α-hetero) is 1. The molecule has 0 aromatic carbocycles. The van der Waals surface area contributed by atoms with Gasteiger partial charge in [0.25, 0.3) is 0 Å². The fourth-order valence-electron chi connectivity index (χ4n) is 7.64. The molecule has 12 heteroatoms. The molecule has 5 rings (SSSR count).